The molecule has 4 rings (SSSR count). The quantitative estimate of drug-likeness (QED) is 0.525. The van der Waals surface area contributed by atoms with Gasteiger partial charge in [-0.15, -0.1) is 0 Å². The van der Waals surface area contributed by atoms with Crippen molar-refractivity contribution in [3.63, 3.8) is 0 Å². The third-order valence-corrected chi connectivity index (χ3v) is 4.81. The van der Waals surface area contributed by atoms with E-state index in [1.807, 2.05) is 36.4 Å². The molecule has 0 aliphatic carbocycles. The zero-order valence-electron chi connectivity index (χ0n) is 14.9. The van der Waals surface area contributed by atoms with Gasteiger partial charge >= 0.3 is 0 Å². The maximum absolute atomic E-state index is 12.2. The number of benzene rings is 2. The highest BCUT2D eigenvalue weighted by molar-refractivity contribution is 7.10. The molecule has 4 aromatic rings. The number of carbonyl (C=O) groups is 1. The summed E-state index contributed by atoms with van der Waals surface area (Å²) in [6.07, 6.45) is 1.38. The summed E-state index contributed by atoms with van der Waals surface area (Å²) in [4.78, 5) is 35.8. The Labute approximate surface area is 164 Å². The summed E-state index contributed by atoms with van der Waals surface area (Å²) < 4.78 is 4.27. The van der Waals surface area contributed by atoms with Crippen molar-refractivity contribution in [2.24, 2.45) is 0 Å². The molecule has 0 fully saturated rings. The number of carbonyl (C=O) groups excluding carboxylic acids is 1. The van der Waals surface area contributed by atoms with Crippen LogP contribution in [0.4, 0.5) is 5.13 Å². The highest BCUT2D eigenvalue weighted by Crippen LogP contribution is 2.20. The maximum atomic E-state index is 12.2. The van der Waals surface area contributed by atoms with Gasteiger partial charge in [0.1, 0.15) is 5.82 Å². The average Bonchev–Trinajstić information content (AvgIpc) is 3.17. The number of hydrogen-bond donors (Lipinski definition) is 2. The summed E-state index contributed by atoms with van der Waals surface area (Å²) in [5, 5.41) is 3.81. The second kappa shape index (κ2) is 8.10. The van der Waals surface area contributed by atoms with E-state index < -0.39 is 0 Å². The molecular weight excluding hydrogens is 374 g/mol. The molecule has 0 saturated carbocycles. The van der Waals surface area contributed by atoms with Crippen molar-refractivity contribution in [3.05, 3.63) is 70.8 Å². The lowest BCUT2D eigenvalue weighted by molar-refractivity contribution is -0.116. The average molecular weight is 391 g/mol. The van der Waals surface area contributed by atoms with Crippen LogP contribution in [0.1, 0.15) is 18.7 Å². The number of amides is 1. The molecule has 0 aliphatic rings. The first kappa shape index (κ1) is 18.0. The highest BCUT2D eigenvalue weighted by atomic mass is 32.1. The molecule has 2 aromatic heterocycles. The number of anilines is 1. The van der Waals surface area contributed by atoms with Gasteiger partial charge in [-0.3, -0.25) is 9.59 Å². The lowest BCUT2D eigenvalue weighted by atomic mass is 10.2. The van der Waals surface area contributed by atoms with Crippen molar-refractivity contribution in [2.75, 3.05) is 5.32 Å². The number of aromatic amines is 1. The van der Waals surface area contributed by atoms with E-state index in [4.69, 9.17) is 0 Å². The Kier molecular flexibility index (Phi) is 5.20. The van der Waals surface area contributed by atoms with Crippen molar-refractivity contribution < 1.29 is 4.79 Å². The molecule has 0 unspecified atom stereocenters. The Balaban J connectivity index is 1.33. The van der Waals surface area contributed by atoms with E-state index in [0.717, 1.165) is 17.1 Å². The summed E-state index contributed by atoms with van der Waals surface area (Å²) in [6.45, 7) is 0. The van der Waals surface area contributed by atoms with Gasteiger partial charge < -0.3 is 10.3 Å². The van der Waals surface area contributed by atoms with Gasteiger partial charge in [0.05, 0.1) is 10.9 Å². The predicted octanol–water partition coefficient (Wildman–Crippen LogP) is 3.40. The fourth-order valence-corrected chi connectivity index (χ4v) is 3.44. The monoisotopic (exact) mass is 391 g/mol. The summed E-state index contributed by atoms with van der Waals surface area (Å²) in [5.74, 6) is 1.04. The van der Waals surface area contributed by atoms with E-state index in [1.165, 1.54) is 0 Å². The predicted molar refractivity (Wildman–Crippen MR) is 109 cm³/mol. The van der Waals surface area contributed by atoms with Gasteiger partial charge in [0.15, 0.2) is 5.82 Å². The number of rotatable bonds is 6. The first-order valence-electron chi connectivity index (χ1n) is 8.86. The topological polar surface area (TPSA) is 101 Å². The highest BCUT2D eigenvalue weighted by Gasteiger charge is 2.10. The fourth-order valence-electron chi connectivity index (χ4n) is 2.83. The van der Waals surface area contributed by atoms with Crippen LogP contribution in [-0.2, 0) is 11.2 Å². The molecule has 0 atom stereocenters. The van der Waals surface area contributed by atoms with Crippen LogP contribution in [0.2, 0.25) is 0 Å². The molecule has 140 valence electrons. The molecule has 0 saturated heterocycles. The molecule has 0 bridgehead atoms. The molecule has 28 heavy (non-hydrogen) atoms. The summed E-state index contributed by atoms with van der Waals surface area (Å²) in [7, 11) is 0. The standard InChI is InChI=1S/C20H17N5O2S/c26-17(23-20-24-18(25-28-20)13-7-2-1-3-8-13)12-6-11-16-21-15-10-5-4-9-14(15)19(27)22-16/h1-5,7-10H,6,11-12H2,(H,21,22,27)(H,23,24,25,26). The van der Waals surface area contributed by atoms with Crippen molar-refractivity contribution in [2.45, 2.75) is 19.3 Å². The molecule has 0 radical (unpaired) electrons. The normalized spacial score (nSPS) is 10.9. The molecule has 8 heteroatoms. The summed E-state index contributed by atoms with van der Waals surface area (Å²) in [6, 6.07) is 16.8. The summed E-state index contributed by atoms with van der Waals surface area (Å²) in [5.41, 5.74) is 1.41. The molecule has 7 nitrogen and oxygen atoms in total. The molecule has 0 aliphatic heterocycles. The number of nitrogens with one attached hydrogen (secondary N) is 2. The Hall–Kier alpha value is -3.39. The van der Waals surface area contributed by atoms with Gasteiger partial charge in [0.25, 0.3) is 5.56 Å². The number of nitrogens with zero attached hydrogens (tertiary/aromatic N) is 3. The minimum atomic E-state index is -0.160. The van der Waals surface area contributed by atoms with Gasteiger partial charge in [-0.05, 0) is 18.6 Å². The van der Waals surface area contributed by atoms with Crippen LogP contribution in [0.5, 0.6) is 0 Å². The Morgan fingerprint density at radius 3 is 2.68 bits per heavy atom. The molecule has 2 N–H and O–H groups in total. The van der Waals surface area contributed by atoms with Crippen molar-refractivity contribution in [1.29, 1.82) is 0 Å². The van der Waals surface area contributed by atoms with Gasteiger partial charge in [-0.2, -0.15) is 9.36 Å². The number of fused-ring (bicyclic) bond motifs is 1. The third-order valence-electron chi connectivity index (χ3n) is 4.18. The SMILES string of the molecule is O=C(CCCc1nc2ccccc2c(=O)[nH]1)Nc1nc(-c2ccccc2)ns1. The maximum Gasteiger partial charge on any atom is 0.258 e. The van der Waals surface area contributed by atoms with Crippen LogP contribution in [0.15, 0.2) is 59.4 Å². The van der Waals surface area contributed by atoms with Gasteiger partial charge in [0.2, 0.25) is 11.0 Å². The second-order valence-electron chi connectivity index (χ2n) is 6.22. The Morgan fingerprint density at radius 2 is 1.82 bits per heavy atom. The van der Waals surface area contributed by atoms with Crippen LogP contribution >= 0.6 is 11.5 Å². The first-order chi connectivity index (χ1) is 13.7. The van der Waals surface area contributed by atoms with Crippen LogP contribution in [-0.4, -0.2) is 25.2 Å². The van der Waals surface area contributed by atoms with E-state index in [0.29, 0.717) is 46.9 Å². The minimum absolute atomic E-state index is 0.140. The largest absolute Gasteiger partial charge is 0.310 e. The second-order valence-corrected chi connectivity index (χ2v) is 6.97. The van der Waals surface area contributed by atoms with E-state index in [1.54, 1.807) is 18.2 Å². The Morgan fingerprint density at radius 1 is 1.04 bits per heavy atom. The third kappa shape index (κ3) is 4.12. The van der Waals surface area contributed by atoms with Crippen LogP contribution in [0.25, 0.3) is 22.3 Å². The first-order valence-corrected chi connectivity index (χ1v) is 9.63. The van der Waals surface area contributed by atoms with Gasteiger partial charge in [-0.1, -0.05) is 42.5 Å². The van der Waals surface area contributed by atoms with E-state index in [-0.39, 0.29) is 11.5 Å². The lowest BCUT2D eigenvalue weighted by Crippen LogP contribution is -2.14. The molecular formula is C20H17N5O2S. The fraction of sp³-hybridized carbons (Fsp3) is 0.150. The number of aryl methyl sites for hydroxylation is 1. The van der Waals surface area contributed by atoms with Crippen molar-refractivity contribution in [1.82, 2.24) is 19.3 Å². The number of hydrogen-bond acceptors (Lipinski definition) is 6. The minimum Gasteiger partial charge on any atom is -0.310 e. The number of para-hydroxylation sites is 1. The zero-order chi connectivity index (χ0) is 19.3. The van der Waals surface area contributed by atoms with E-state index in [9.17, 15) is 9.59 Å². The zero-order valence-corrected chi connectivity index (χ0v) is 15.7. The molecule has 2 heterocycles. The van der Waals surface area contributed by atoms with Gasteiger partial charge in [0, 0.05) is 29.9 Å². The Bertz CT molecular complexity index is 1170. The molecule has 2 aromatic carbocycles. The number of aromatic nitrogens is 4. The number of H-pyrrole nitrogens is 1. The van der Waals surface area contributed by atoms with Crippen LogP contribution in [0, 0.1) is 0 Å². The molecule has 0 spiro atoms. The van der Waals surface area contributed by atoms with Gasteiger partial charge in [-0.25, -0.2) is 4.98 Å². The van der Waals surface area contributed by atoms with E-state index >= 15 is 0 Å². The molecule has 1 amide bonds. The van der Waals surface area contributed by atoms with Crippen molar-refractivity contribution in [3.8, 4) is 11.4 Å². The van der Waals surface area contributed by atoms with Crippen molar-refractivity contribution >= 4 is 33.5 Å². The van der Waals surface area contributed by atoms with Crippen LogP contribution in [0.3, 0.4) is 0 Å². The smallest absolute Gasteiger partial charge is 0.258 e. The lowest BCUT2D eigenvalue weighted by Gasteiger charge is -2.03. The van der Waals surface area contributed by atoms with Crippen LogP contribution < -0.4 is 10.9 Å². The van der Waals surface area contributed by atoms with E-state index in [2.05, 4.69) is 24.6 Å². The summed E-state index contributed by atoms with van der Waals surface area (Å²) >= 11 is 1.15.